The lowest BCUT2D eigenvalue weighted by molar-refractivity contribution is 0.604. The van der Waals surface area contributed by atoms with Crippen molar-refractivity contribution in [1.29, 1.82) is 0 Å². The number of halogens is 3. The average Bonchev–Trinajstić information content (AvgIpc) is 2.78. The monoisotopic (exact) mass is 428 g/mol. The molecule has 0 aromatic heterocycles. The third kappa shape index (κ3) is 5.21. The number of hydrogen-bond donors (Lipinski definition) is 0. The first kappa shape index (κ1) is 21.7. The van der Waals surface area contributed by atoms with Crippen molar-refractivity contribution >= 4 is 10.8 Å². The summed E-state index contributed by atoms with van der Waals surface area (Å²) in [5.74, 6) is 4.98. The SMILES string of the molecule is CCCc1ccc(CCc2ccc(C#Cc3ccc4cc(F)ccc4c3)c(F)c2)c(F)c1. The van der Waals surface area contributed by atoms with E-state index < -0.39 is 5.82 Å². The van der Waals surface area contributed by atoms with E-state index >= 15 is 0 Å². The number of aryl methyl sites for hydroxylation is 3. The molecule has 3 heteroatoms. The lowest BCUT2D eigenvalue weighted by Gasteiger charge is -2.07. The molecular formula is C29H23F3. The van der Waals surface area contributed by atoms with Crippen LogP contribution >= 0.6 is 0 Å². The molecule has 0 amide bonds. The van der Waals surface area contributed by atoms with Crippen molar-refractivity contribution in [2.75, 3.05) is 0 Å². The summed E-state index contributed by atoms with van der Waals surface area (Å²) >= 11 is 0. The fourth-order valence-electron chi connectivity index (χ4n) is 3.77. The van der Waals surface area contributed by atoms with Gasteiger partial charge in [0.15, 0.2) is 0 Å². The van der Waals surface area contributed by atoms with Gasteiger partial charge in [-0.3, -0.25) is 0 Å². The fraction of sp³-hybridized carbons (Fsp3) is 0.172. The maximum atomic E-state index is 14.6. The standard InChI is InChI=1S/C29H23F3/c1-2-3-20-4-9-23(28(31)17-20)11-6-22-7-12-24(29(32)18-22)10-5-21-8-13-26-19-27(30)15-14-25(26)16-21/h4,7-9,12-19H,2-3,6,11H2,1H3. The van der Waals surface area contributed by atoms with E-state index in [1.165, 1.54) is 18.2 Å². The summed E-state index contributed by atoms with van der Waals surface area (Å²) in [7, 11) is 0. The van der Waals surface area contributed by atoms with Crippen LogP contribution in [0.1, 0.15) is 41.2 Å². The lowest BCUT2D eigenvalue weighted by Crippen LogP contribution is -1.98. The highest BCUT2D eigenvalue weighted by Crippen LogP contribution is 2.18. The number of benzene rings is 4. The largest absolute Gasteiger partial charge is 0.207 e. The number of rotatable bonds is 5. The molecule has 4 aromatic rings. The second-order valence-corrected chi connectivity index (χ2v) is 7.95. The van der Waals surface area contributed by atoms with E-state index in [1.807, 2.05) is 24.3 Å². The van der Waals surface area contributed by atoms with Gasteiger partial charge in [-0.2, -0.15) is 0 Å². The molecule has 0 N–H and O–H groups in total. The molecule has 0 aliphatic carbocycles. The first-order chi connectivity index (χ1) is 15.5. The molecule has 160 valence electrons. The van der Waals surface area contributed by atoms with Crippen molar-refractivity contribution in [1.82, 2.24) is 0 Å². The second-order valence-electron chi connectivity index (χ2n) is 7.95. The summed E-state index contributed by atoms with van der Waals surface area (Å²) in [5, 5.41) is 1.67. The molecule has 0 spiro atoms. The Labute approximate surface area is 186 Å². The van der Waals surface area contributed by atoms with Gasteiger partial charge >= 0.3 is 0 Å². The van der Waals surface area contributed by atoms with Crippen molar-refractivity contribution in [3.8, 4) is 11.8 Å². The minimum atomic E-state index is -0.392. The van der Waals surface area contributed by atoms with Gasteiger partial charge in [-0.05, 0) is 89.2 Å². The van der Waals surface area contributed by atoms with Crippen LogP contribution in [0.2, 0.25) is 0 Å². The van der Waals surface area contributed by atoms with Gasteiger partial charge in [0.2, 0.25) is 0 Å². The minimum absolute atomic E-state index is 0.197. The van der Waals surface area contributed by atoms with Crippen molar-refractivity contribution in [2.45, 2.75) is 32.6 Å². The van der Waals surface area contributed by atoms with E-state index in [0.717, 1.165) is 40.3 Å². The van der Waals surface area contributed by atoms with Crippen LogP contribution in [-0.4, -0.2) is 0 Å². The molecule has 0 bridgehead atoms. The number of fused-ring (bicyclic) bond motifs is 1. The van der Waals surface area contributed by atoms with E-state index in [-0.39, 0.29) is 11.6 Å². The predicted octanol–water partition coefficient (Wildman–Crippen LogP) is 7.39. The molecule has 0 atom stereocenters. The van der Waals surface area contributed by atoms with Gasteiger partial charge < -0.3 is 0 Å². The van der Waals surface area contributed by atoms with Crippen LogP contribution in [0.5, 0.6) is 0 Å². The Morgan fingerprint density at radius 3 is 2.12 bits per heavy atom. The predicted molar refractivity (Wildman–Crippen MR) is 124 cm³/mol. The van der Waals surface area contributed by atoms with Crippen LogP contribution in [0.25, 0.3) is 10.8 Å². The molecule has 0 saturated heterocycles. The Balaban J connectivity index is 1.45. The van der Waals surface area contributed by atoms with Crippen LogP contribution in [0.4, 0.5) is 13.2 Å². The molecule has 0 aliphatic heterocycles. The molecule has 0 unspecified atom stereocenters. The summed E-state index contributed by atoms with van der Waals surface area (Å²) in [4.78, 5) is 0. The van der Waals surface area contributed by atoms with Crippen LogP contribution in [0.15, 0.2) is 72.8 Å². The summed E-state index contributed by atoms with van der Waals surface area (Å²) in [6.07, 6.45) is 2.91. The zero-order valence-electron chi connectivity index (χ0n) is 17.9. The smallest absolute Gasteiger partial charge is 0.139 e. The molecule has 0 heterocycles. The molecule has 32 heavy (non-hydrogen) atoms. The highest BCUT2D eigenvalue weighted by Gasteiger charge is 2.06. The molecule has 0 aliphatic rings. The van der Waals surface area contributed by atoms with Crippen molar-refractivity contribution in [2.24, 2.45) is 0 Å². The zero-order valence-corrected chi connectivity index (χ0v) is 17.9. The van der Waals surface area contributed by atoms with E-state index in [9.17, 15) is 13.2 Å². The third-order valence-corrected chi connectivity index (χ3v) is 5.52. The normalized spacial score (nSPS) is 10.8. The maximum absolute atomic E-state index is 14.6. The summed E-state index contributed by atoms with van der Waals surface area (Å²) in [5.41, 5.74) is 3.49. The maximum Gasteiger partial charge on any atom is 0.139 e. The molecule has 4 aromatic carbocycles. The Hall–Kier alpha value is -3.51. The topological polar surface area (TPSA) is 0 Å². The Kier molecular flexibility index (Phi) is 6.61. The molecule has 4 rings (SSSR count). The van der Waals surface area contributed by atoms with Gasteiger partial charge in [0, 0.05) is 5.56 Å². The summed E-state index contributed by atoms with van der Waals surface area (Å²) in [6, 6.07) is 20.4. The van der Waals surface area contributed by atoms with Gasteiger partial charge in [-0.15, -0.1) is 0 Å². The zero-order chi connectivity index (χ0) is 22.5. The second kappa shape index (κ2) is 9.75. The van der Waals surface area contributed by atoms with Crippen molar-refractivity contribution in [3.05, 3.63) is 118 Å². The Bertz CT molecular complexity index is 1330. The third-order valence-electron chi connectivity index (χ3n) is 5.52. The van der Waals surface area contributed by atoms with Gasteiger partial charge in [-0.1, -0.05) is 55.5 Å². The van der Waals surface area contributed by atoms with Gasteiger partial charge in [0.25, 0.3) is 0 Å². The molecule has 0 fully saturated rings. The summed E-state index contributed by atoms with van der Waals surface area (Å²) < 4.78 is 42.2. The summed E-state index contributed by atoms with van der Waals surface area (Å²) in [6.45, 7) is 2.07. The van der Waals surface area contributed by atoms with E-state index in [4.69, 9.17) is 0 Å². The van der Waals surface area contributed by atoms with E-state index in [0.29, 0.717) is 24.0 Å². The van der Waals surface area contributed by atoms with E-state index in [2.05, 4.69) is 18.8 Å². The van der Waals surface area contributed by atoms with Gasteiger partial charge in [-0.25, -0.2) is 13.2 Å². The highest BCUT2D eigenvalue weighted by molar-refractivity contribution is 5.84. The number of hydrogen-bond acceptors (Lipinski definition) is 0. The first-order valence-corrected chi connectivity index (χ1v) is 10.8. The van der Waals surface area contributed by atoms with Crippen LogP contribution in [0.3, 0.4) is 0 Å². The molecule has 0 saturated carbocycles. The first-order valence-electron chi connectivity index (χ1n) is 10.8. The van der Waals surface area contributed by atoms with Crippen LogP contribution in [0, 0.1) is 29.3 Å². The van der Waals surface area contributed by atoms with Gasteiger partial charge in [0.1, 0.15) is 17.5 Å². The molecule has 0 nitrogen and oxygen atoms in total. The average molecular weight is 428 g/mol. The van der Waals surface area contributed by atoms with E-state index in [1.54, 1.807) is 30.3 Å². The van der Waals surface area contributed by atoms with Crippen molar-refractivity contribution in [3.63, 3.8) is 0 Å². The molecular weight excluding hydrogens is 405 g/mol. The quantitative estimate of drug-likeness (QED) is 0.291. The Morgan fingerprint density at radius 1 is 0.625 bits per heavy atom. The van der Waals surface area contributed by atoms with Crippen molar-refractivity contribution < 1.29 is 13.2 Å². The fourth-order valence-corrected chi connectivity index (χ4v) is 3.77. The van der Waals surface area contributed by atoms with Gasteiger partial charge in [0.05, 0.1) is 5.56 Å². The lowest BCUT2D eigenvalue weighted by atomic mass is 10.0. The highest BCUT2D eigenvalue weighted by atomic mass is 19.1. The molecule has 0 radical (unpaired) electrons. The van der Waals surface area contributed by atoms with Crippen LogP contribution < -0.4 is 0 Å². The van der Waals surface area contributed by atoms with Crippen LogP contribution in [-0.2, 0) is 19.3 Å². The minimum Gasteiger partial charge on any atom is -0.207 e. The Morgan fingerprint density at radius 2 is 1.34 bits per heavy atom.